The van der Waals surface area contributed by atoms with Crippen molar-refractivity contribution < 1.29 is 14.3 Å². The van der Waals surface area contributed by atoms with E-state index in [0.29, 0.717) is 12.2 Å². The maximum Gasteiger partial charge on any atom is 0.220 e. The fourth-order valence-electron chi connectivity index (χ4n) is 2.25. The molecule has 0 fully saturated rings. The third-order valence-corrected chi connectivity index (χ3v) is 4.63. The monoisotopic (exact) mass is 345 g/mol. The zero-order valence-corrected chi connectivity index (χ0v) is 14.9. The van der Waals surface area contributed by atoms with Crippen LogP contribution in [-0.4, -0.2) is 18.3 Å². The number of Topliss-reactive ketones (excluding diaryl/α,β-unsaturated/α-hetero) is 1. The maximum atomic E-state index is 12.2. The zero-order chi connectivity index (χ0) is 17.4. The molecule has 0 spiro atoms. The van der Waals surface area contributed by atoms with Crippen molar-refractivity contribution in [1.82, 2.24) is 5.32 Å². The van der Waals surface area contributed by atoms with E-state index in [0.717, 1.165) is 17.0 Å². The lowest BCUT2D eigenvalue weighted by Gasteiger charge is -2.12. The first-order valence-electron chi connectivity index (χ1n) is 8.19. The standard InChI is InChI=1S/C19H23NO3S/c1-3-12-23-16-8-6-15(7-9-16)17(21)10-11-19(22)20-14(2)18-5-4-13-24-18/h4-9,13-14H,3,10-12H2,1-2H3,(H,20,22). The first-order valence-corrected chi connectivity index (χ1v) is 9.07. The molecule has 0 saturated heterocycles. The van der Waals surface area contributed by atoms with Crippen molar-refractivity contribution in [3.8, 4) is 5.75 Å². The average Bonchev–Trinajstić information content (AvgIpc) is 3.13. The molecule has 5 heteroatoms. The first-order chi connectivity index (χ1) is 11.6. The van der Waals surface area contributed by atoms with Crippen molar-refractivity contribution in [2.24, 2.45) is 0 Å². The number of hydrogen-bond donors (Lipinski definition) is 1. The van der Waals surface area contributed by atoms with Crippen molar-refractivity contribution >= 4 is 23.0 Å². The largest absolute Gasteiger partial charge is 0.494 e. The number of benzene rings is 1. The van der Waals surface area contributed by atoms with Gasteiger partial charge < -0.3 is 10.1 Å². The van der Waals surface area contributed by atoms with Crippen molar-refractivity contribution in [3.63, 3.8) is 0 Å². The number of hydrogen-bond acceptors (Lipinski definition) is 4. The van der Waals surface area contributed by atoms with E-state index >= 15 is 0 Å². The van der Waals surface area contributed by atoms with Crippen LogP contribution in [0.3, 0.4) is 0 Å². The van der Waals surface area contributed by atoms with Gasteiger partial charge in [0.05, 0.1) is 12.6 Å². The Morgan fingerprint density at radius 2 is 1.92 bits per heavy atom. The molecule has 4 nitrogen and oxygen atoms in total. The van der Waals surface area contributed by atoms with Crippen LogP contribution < -0.4 is 10.1 Å². The SMILES string of the molecule is CCCOc1ccc(C(=O)CCC(=O)NC(C)c2cccs2)cc1. The van der Waals surface area contributed by atoms with Crippen LogP contribution in [0.15, 0.2) is 41.8 Å². The third kappa shape index (κ3) is 5.49. The minimum Gasteiger partial charge on any atom is -0.494 e. The van der Waals surface area contributed by atoms with Gasteiger partial charge in [0.15, 0.2) is 5.78 Å². The Labute approximate surface area is 146 Å². The summed E-state index contributed by atoms with van der Waals surface area (Å²) in [6.07, 6.45) is 1.35. The molecule has 2 rings (SSSR count). The molecule has 1 aromatic carbocycles. The molecule has 1 amide bonds. The Hall–Kier alpha value is -2.14. The van der Waals surface area contributed by atoms with Gasteiger partial charge in [0.2, 0.25) is 5.91 Å². The van der Waals surface area contributed by atoms with E-state index in [1.807, 2.05) is 31.4 Å². The summed E-state index contributed by atoms with van der Waals surface area (Å²) in [5.74, 6) is 0.624. The van der Waals surface area contributed by atoms with Gasteiger partial charge in [-0.3, -0.25) is 9.59 Å². The molecule has 0 radical (unpaired) electrons. The van der Waals surface area contributed by atoms with Crippen LogP contribution in [0.2, 0.25) is 0 Å². The van der Waals surface area contributed by atoms with Gasteiger partial charge in [0, 0.05) is 23.3 Å². The fraction of sp³-hybridized carbons (Fsp3) is 0.368. The van der Waals surface area contributed by atoms with Crippen LogP contribution in [0.4, 0.5) is 0 Å². The van der Waals surface area contributed by atoms with E-state index in [1.54, 1.807) is 35.6 Å². The van der Waals surface area contributed by atoms with E-state index in [4.69, 9.17) is 4.74 Å². The van der Waals surface area contributed by atoms with Gasteiger partial charge in [-0.25, -0.2) is 0 Å². The molecule has 0 aliphatic heterocycles. The summed E-state index contributed by atoms with van der Waals surface area (Å²) < 4.78 is 5.49. The Morgan fingerprint density at radius 3 is 2.54 bits per heavy atom. The number of amides is 1. The predicted molar refractivity (Wildman–Crippen MR) is 96.7 cm³/mol. The molecular formula is C19H23NO3S. The van der Waals surface area contributed by atoms with E-state index in [-0.39, 0.29) is 30.6 Å². The van der Waals surface area contributed by atoms with Gasteiger partial charge in [-0.1, -0.05) is 13.0 Å². The molecule has 1 N–H and O–H groups in total. The van der Waals surface area contributed by atoms with Crippen molar-refractivity contribution in [3.05, 3.63) is 52.2 Å². The van der Waals surface area contributed by atoms with Crippen molar-refractivity contribution in [2.75, 3.05) is 6.61 Å². The number of carbonyl (C=O) groups excluding carboxylic acids is 2. The summed E-state index contributed by atoms with van der Waals surface area (Å²) in [5, 5.41) is 4.90. The summed E-state index contributed by atoms with van der Waals surface area (Å²) in [4.78, 5) is 25.3. The van der Waals surface area contributed by atoms with E-state index in [1.165, 1.54) is 0 Å². The number of thiophene rings is 1. The van der Waals surface area contributed by atoms with Crippen LogP contribution >= 0.6 is 11.3 Å². The van der Waals surface area contributed by atoms with Crippen LogP contribution in [0.25, 0.3) is 0 Å². The van der Waals surface area contributed by atoms with Crippen molar-refractivity contribution in [1.29, 1.82) is 0 Å². The van der Waals surface area contributed by atoms with Crippen molar-refractivity contribution in [2.45, 2.75) is 39.2 Å². The highest BCUT2D eigenvalue weighted by Crippen LogP contribution is 2.18. The summed E-state index contributed by atoms with van der Waals surface area (Å²) in [6, 6.07) is 11.0. The van der Waals surface area contributed by atoms with Crippen LogP contribution in [-0.2, 0) is 4.79 Å². The number of rotatable bonds is 9. The normalized spacial score (nSPS) is 11.8. The molecule has 1 aromatic heterocycles. The number of ketones is 1. The molecular weight excluding hydrogens is 322 g/mol. The van der Waals surface area contributed by atoms with Gasteiger partial charge in [-0.2, -0.15) is 0 Å². The minimum atomic E-state index is -0.104. The number of nitrogens with one attached hydrogen (secondary N) is 1. The highest BCUT2D eigenvalue weighted by atomic mass is 32.1. The second-order valence-electron chi connectivity index (χ2n) is 5.60. The lowest BCUT2D eigenvalue weighted by Crippen LogP contribution is -2.26. The van der Waals surface area contributed by atoms with Gasteiger partial charge in [-0.15, -0.1) is 11.3 Å². The molecule has 24 heavy (non-hydrogen) atoms. The smallest absolute Gasteiger partial charge is 0.220 e. The Kier molecular flexibility index (Phi) is 7.00. The maximum absolute atomic E-state index is 12.2. The Bertz CT molecular complexity index is 650. The topological polar surface area (TPSA) is 55.4 Å². The minimum absolute atomic E-state index is 0.0254. The third-order valence-electron chi connectivity index (χ3n) is 3.58. The lowest BCUT2D eigenvalue weighted by atomic mass is 10.1. The Morgan fingerprint density at radius 1 is 1.17 bits per heavy atom. The molecule has 0 aliphatic carbocycles. The van der Waals surface area contributed by atoms with E-state index < -0.39 is 0 Å². The summed E-state index contributed by atoms with van der Waals surface area (Å²) in [6.45, 7) is 4.65. The molecule has 128 valence electrons. The molecule has 0 bridgehead atoms. The highest BCUT2D eigenvalue weighted by molar-refractivity contribution is 7.10. The fourth-order valence-corrected chi connectivity index (χ4v) is 2.99. The number of ether oxygens (including phenoxy) is 1. The second-order valence-corrected chi connectivity index (χ2v) is 6.58. The van der Waals surface area contributed by atoms with E-state index in [9.17, 15) is 9.59 Å². The van der Waals surface area contributed by atoms with Gasteiger partial charge in [0.25, 0.3) is 0 Å². The molecule has 1 heterocycles. The van der Waals surface area contributed by atoms with Gasteiger partial charge in [0.1, 0.15) is 5.75 Å². The van der Waals surface area contributed by atoms with Crippen LogP contribution in [0.5, 0.6) is 5.75 Å². The predicted octanol–water partition coefficient (Wildman–Crippen LogP) is 4.38. The second kappa shape index (κ2) is 9.23. The molecule has 1 atom stereocenters. The zero-order valence-electron chi connectivity index (χ0n) is 14.1. The highest BCUT2D eigenvalue weighted by Gasteiger charge is 2.13. The Balaban J connectivity index is 1.78. The van der Waals surface area contributed by atoms with Gasteiger partial charge >= 0.3 is 0 Å². The lowest BCUT2D eigenvalue weighted by molar-refractivity contribution is -0.121. The summed E-state index contributed by atoms with van der Waals surface area (Å²) in [5.41, 5.74) is 0.609. The molecule has 0 aliphatic rings. The van der Waals surface area contributed by atoms with Crippen LogP contribution in [0, 0.1) is 0 Å². The molecule has 1 unspecified atom stereocenters. The number of carbonyl (C=O) groups is 2. The quantitative estimate of drug-likeness (QED) is 0.686. The van der Waals surface area contributed by atoms with E-state index in [2.05, 4.69) is 5.32 Å². The molecule has 2 aromatic rings. The summed E-state index contributed by atoms with van der Waals surface area (Å²) >= 11 is 1.61. The van der Waals surface area contributed by atoms with Gasteiger partial charge in [-0.05, 0) is 49.1 Å². The summed E-state index contributed by atoms with van der Waals surface area (Å²) in [7, 11) is 0. The molecule has 0 saturated carbocycles. The first kappa shape index (κ1) is 18.2. The van der Waals surface area contributed by atoms with Crippen LogP contribution in [0.1, 0.15) is 54.4 Å². The average molecular weight is 345 g/mol.